The van der Waals surface area contributed by atoms with Crippen LogP contribution in [0, 0.1) is 9.39 Å². The summed E-state index contributed by atoms with van der Waals surface area (Å²) in [6.07, 6.45) is 0.0961. The predicted molar refractivity (Wildman–Crippen MR) is 109 cm³/mol. The highest BCUT2D eigenvalue weighted by molar-refractivity contribution is 14.1. The molecule has 1 heterocycles. The van der Waals surface area contributed by atoms with Crippen LogP contribution in [0.1, 0.15) is 17.5 Å². The standard InChI is InChI=1S/C17H20FIN2O5S/c1-21-9-16(20-27(25,26)5-4-14(23)10-22)12(7-17(21)24)6-11-2-3-13(19)8-15(11)18/h2-3,7-9,14,20,22-23H,4-6,10H2,1H3. The van der Waals surface area contributed by atoms with Crippen LogP contribution >= 0.6 is 22.6 Å². The minimum Gasteiger partial charge on any atom is -0.394 e. The number of aliphatic hydroxyl groups is 2. The Morgan fingerprint density at radius 3 is 2.63 bits per heavy atom. The van der Waals surface area contributed by atoms with Gasteiger partial charge in [0.05, 0.1) is 24.2 Å². The van der Waals surface area contributed by atoms with Gasteiger partial charge in [0.1, 0.15) is 5.82 Å². The summed E-state index contributed by atoms with van der Waals surface area (Å²) in [7, 11) is -2.36. The fourth-order valence-corrected chi connectivity index (χ4v) is 4.03. The van der Waals surface area contributed by atoms with Crippen LogP contribution in [0.15, 0.2) is 35.3 Å². The SMILES string of the molecule is Cn1cc(NS(=O)(=O)CCC(O)CO)c(Cc2ccc(I)cc2F)cc1=O. The van der Waals surface area contributed by atoms with Crippen molar-refractivity contribution in [1.82, 2.24) is 4.57 Å². The number of anilines is 1. The Morgan fingerprint density at radius 2 is 2.00 bits per heavy atom. The highest BCUT2D eigenvalue weighted by Gasteiger charge is 2.17. The van der Waals surface area contributed by atoms with Gasteiger partial charge in [-0.05, 0) is 52.3 Å². The molecule has 0 spiro atoms. The lowest BCUT2D eigenvalue weighted by Gasteiger charge is -2.15. The highest BCUT2D eigenvalue weighted by atomic mass is 127. The fourth-order valence-electron chi connectivity index (χ4n) is 2.38. The van der Waals surface area contributed by atoms with E-state index in [2.05, 4.69) is 4.72 Å². The number of rotatable bonds is 8. The Kier molecular flexibility index (Phi) is 7.37. The molecule has 1 aromatic carbocycles. The average Bonchev–Trinajstić information content (AvgIpc) is 2.59. The van der Waals surface area contributed by atoms with Crippen molar-refractivity contribution in [1.29, 1.82) is 0 Å². The second kappa shape index (κ2) is 9.13. The van der Waals surface area contributed by atoms with E-state index in [0.717, 1.165) is 3.57 Å². The van der Waals surface area contributed by atoms with E-state index < -0.39 is 34.3 Å². The first-order valence-electron chi connectivity index (χ1n) is 8.04. The molecule has 3 N–H and O–H groups in total. The van der Waals surface area contributed by atoms with Gasteiger partial charge in [-0.25, -0.2) is 12.8 Å². The van der Waals surface area contributed by atoms with E-state index >= 15 is 0 Å². The van der Waals surface area contributed by atoms with Crippen molar-refractivity contribution in [2.75, 3.05) is 17.1 Å². The summed E-state index contributed by atoms with van der Waals surface area (Å²) in [5.41, 5.74) is 0.479. The Balaban J connectivity index is 2.33. The van der Waals surface area contributed by atoms with Gasteiger partial charge in [-0.3, -0.25) is 9.52 Å². The molecule has 0 bridgehead atoms. The maximum Gasteiger partial charge on any atom is 0.250 e. The number of pyridine rings is 1. The van der Waals surface area contributed by atoms with Crippen LogP contribution in [0.4, 0.5) is 10.1 Å². The Morgan fingerprint density at radius 1 is 1.30 bits per heavy atom. The molecule has 0 aliphatic rings. The van der Waals surface area contributed by atoms with Crippen LogP contribution in [-0.2, 0) is 23.5 Å². The van der Waals surface area contributed by atoms with Crippen molar-refractivity contribution in [3.63, 3.8) is 0 Å². The molecular weight excluding hydrogens is 490 g/mol. The summed E-state index contributed by atoms with van der Waals surface area (Å²) in [6.45, 7) is -0.535. The van der Waals surface area contributed by atoms with Crippen molar-refractivity contribution >= 4 is 38.3 Å². The smallest absolute Gasteiger partial charge is 0.250 e. The number of benzene rings is 1. The second-order valence-corrected chi connectivity index (χ2v) is 9.21. The zero-order valence-electron chi connectivity index (χ0n) is 14.5. The van der Waals surface area contributed by atoms with E-state index in [1.165, 1.54) is 29.9 Å². The van der Waals surface area contributed by atoms with Crippen molar-refractivity contribution in [2.24, 2.45) is 7.05 Å². The number of nitrogens with zero attached hydrogens (tertiary/aromatic N) is 1. The van der Waals surface area contributed by atoms with Gasteiger partial charge in [0.2, 0.25) is 10.0 Å². The summed E-state index contributed by atoms with van der Waals surface area (Å²) in [4.78, 5) is 12.0. The number of sulfonamides is 1. The molecule has 27 heavy (non-hydrogen) atoms. The van der Waals surface area contributed by atoms with Gasteiger partial charge < -0.3 is 14.8 Å². The number of nitrogens with one attached hydrogen (secondary N) is 1. The first kappa shape index (κ1) is 21.8. The minimum absolute atomic E-state index is 0.0377. The molecular formula is C17H20FIN2O5S. The summed E-state index contributed by atoms with van der Waals surface area (Å²) in [6, 6.07) is 5.93. The van der Waals surface area contributed by atoms with E-state index in [1.54, 1.807) is 12.1 Å². The average molecular weight is 510 g/mol. The molecule has 2 rings (SSSR count). The third kappa shape index (κ3) is 6.26. The summed E-state index contributed by atoms with van der Waals surface area (Å²) in [5.74, 6) is -0.850. The first-order valence-corrected chi connectivity index (χ1v) is 10.8. The van der Waals surface area contributed by atoms with Crippen LogP contribution in [0.5, 0.6) is 0 Å². The van der Waals surface area contributed by atoms with Gasteiger partial charge in [-0.15, -0.1) is 0 Å². The van der Waals surface area contributed by atoms with Gasteiger partial charge in [0.25, 0.3) is 5.56 Å². The topological polar surface area (TPSA) is 109 Å². The zero-order chi connectivity index (χ0) is 20.2. The molecule has 148 valence electrons. The molecule has 1 aromatic heterocycles. The Bertz CT molecular complexity index is 978. The molecule has 1 unspecified atom stereocenters. The highest BCUT2D eigenvalue weighted by Crippen LogP contribution is 2.22. The van der Waals surface area contributed by atoms with Crippen LogP contribution in [0.25, 0.3) is 0 Å². The molecule has 7 nitrogen and oxygen atoms in total. The zero-order valence-corrected chi connectivity index (χ0v) is 17.5. The van der Waals surface area contributed by atoms with Crippen LogP contribution in [0.2, 0.25) is 0 Å². The fraction of sp³-hybridized carbons (Fsp3) is 0.353. The lowest BCUT2D eigenvalue weighted by atomic mass is 10.0. The van der Waals surface area contributed by atoms with Crippen molar-refractivity contribution < 1.29 is 23.0 Å². The Hall–Kier alpha value is -1.50. The first-order chi connectivity index (χ1) is 12.6. The largest absolute Gasteiger partial charge is 0.394 e. The van der Waals surface area contributed by atoms with E-state index in [4.69, 9.17) is 5.11 Å². The van der Waals surface area contributed by atoms with Gasteiger partial charge in [-0.2, -0.15) is 0 Å². The number of aliphatic hydroxyl groups excluding tert-OH is 2. The molecule has 2 aromatic rings. The number of hydrogen-bond donors (Lipinski definition) is 3. The van der Waals surface area contributed by atoms with E-state index in [0.29, 0.717) is 11.1 Å². The number of halogens is 2. The van der Waals surface area contributed by atoms with Gasteiger partial charge in [0.15, 0.2) is 0 Å². The summed E-state index contributed by atoms with van der Waals surface area (Å²) in [5, 5.41) is 18.1. The third-order valence-corrected chi connectivity index (χ3v) is 5.88. The Labute approximate surface area is 170 Å². The van der Waals surface area contributed by atoms with Crippen molar-refractivity contribution in [3.05, 3.63) is 61.3 Å². The van der Waals surface area contributed by atoms with Crippen molar-refractivity contribution in [3.8, 4) is 0 Å². The number of hydrogen-bond acceptors (Lipinski definition) is 5. The number of aryl methyl sites for hydroxylation is 1. The molecule has 0 amide bonds. The third-order valence-electron chi connectivity index (χ3n) is 3.91. The molecule has 0 saturated carbocycles. The van der Waals surface area contributed by atoms with Gasteiger partial charge >= 0.3 is 0 Å². The molecule has 0 aliphatic heterocycles. The monoisotopic (exact) mass is 510 g/mol. The maximum atomic E-state index is 14.2. The predicted octanol–water partition coefficient (Wildman–Crippen LogP) is 1.20. The molecule has 10 heteroatoms. The molecule has 0 saturated heterocycles. The van der Waals surface area contributed by atoms with Gasteiger partial charge in [-0.1, -0.05) is 6.07 Å². The molecule has 0 fully saturated rings. The second-order valence-electron chi connectivity index (χ2n) is 6.12. The summed E-state index contributed by atoms with van der Waals surface area (Å²) >= 11 is 1.98. The van der Waals surface area contributed by atoms with Crippen molar-refractivity contribution in [2.45, 2.75) is 18.9 Å². The minimum atomic E-state index is -3.83. The lowest BCUT2D eigenvalue weighted by Crippen LogP contribution is -2.25. The maximum absolute atomic E-state index is 14.2. The summed E-state index contributed by atoms with van der Waals surface area (Å²) < 4.78 is 43.0. The molecule has 0 radical (unpaired) electrons. The van der Waals surface area contributed by atoms with Crippen LogP contribution < -0.4 is 10.3 Å². The number of aromatic nitrogens is 1. The van der Waals surface area contributed by atoms with E-state index in [9.17, 15) is 22.7 Å². The molecule has 1 atom stereocenters. The van der Waals surface area contributed by atoms with E-state index in [1.807, 2.05) is 22.6 Å². The van der Waals surface area contributed by atoms with Crippen LogP contribution in [-0.4, -0.2) is 41.7 Å². The normalized spacial score (nSPS) is 12.8. The van der Waals surface area contributed by atoms with E-state index in [-0.39, 0.29) is 24.1 Å². The van der Waals surface area contributed by atoms with Gasteiger partial charge in [0, 0.05) is 29.3 Å². The lowest BCUT2D eigenvalue weighted by molar-refractivity contribution is 0.0929. The quantitative estimate of drug-likeness (QED) is 0.463. The molecule has 0 aliphatic carbocycles. The van der Waals surface area contributed by atoms with Crippen LogP contribution in [0.3, 0.4) is 0 Å².